The van der Waals surface area contributed by atoms with Crippen molar-refractivity contribution in [2.24, 2.45) is 11.5 Å². The third kappa shape index (κ3) is 2.92. The second-order valence-electron chi connectivity index (χ2n) is 3.98. The molecule has 0 spiro atoms. The number of nitrogens with two attached hydrogens (primary N) is 2. The van der Waals surface area contributed by atoms with Crippen molar-refractivity contribution in [3.05, 3.63) is 23.9 Å². The van der Waals surface area contributed by atoms with Gasteiger partial charge in [0.2, 0.25) is 0 Å². The first-order valence-electron chi connectivity index (χ1n) is 4.69. The van der Waals surface area contributed by atoms with E-state index in [1.807, 2.05) is 13.8 Å². The van der Waals surface area contributed by atoms with Crippen LogP contribution in [0.1, 0.15) is 24.2 Å². The summed E-state index contributed by atoms with van der Waals surface area (Å²) in [6.07, 6.45) is 1.60. The van der Waals surface area contributed by atoms with Gasteiger partial charge in [-0.3, -0.25) is 4.79 Å². The molecular formula is C10H16N4O. The van der Waals surface area contributed by atoms with Crippen molar-refractivity contribution in [3.63, 3.8) is 0 Å². The molecule has 0 bridgehead atoms. The third-order valence-corrected chi connectivity index (χ3v) is 2.04. The van der Waals surface area contributed by atoms with Crippen molar-refractivity contribution in [1.29, 1.82) is 0 Å². The molecule has 0 unspecified atom stereocenters. The summed E-state index contributed by atoms with van der Waals surface area (Å²) in [6, 6.07) is 3.30. The number of amides is 1. The minimum absolute atomic E-state index is 0.321. The fourth-order valence-electron chi connectivity index (χ4n) is 1.08. The fourth-order valence-corrected chi connectivity index (χ4v) is 1.08. The molecule has 5 N–H and O–H groups in total. The lowest BCUT2D eigenvalue weighted by Crippen LogP contribution is -2.40. The molecule has 1 rings (SSSR count). The Labute approximate surface area is 88.9 Å². The average molecular weight is 208 g/mol. The molecule has 0 fully saturated rings. The summed E-state index contributed by atoms with van der Waals surface area (Å²) in [7, 11) is 0. The summed E-state index contributed by atoms with van der Waals surface area (Å²) in [5.41, 5.74) is 10.9. The Morgan fingerprint density at radius 1 is 1.60 bits per heavy atom. The Bertz CT molecular complexity index is 362. The number of carbonyl (C=O) groups is 1. The number of hydrogen-bond donors (Lipinski definition) is 3. The van der Waals surface area contributed by atoms with Crippen LogP contribution < -0.4 is 16.8 Å². The van der Waals surface area contributed by atoms with Crippen LogP contribution in [0.3, 0.4) is 0 Å². The van der Waals surface area contributed by atoms with Crippen molar-refractivity contribution < 1.29 is 4.79 Å². The van der Waals surface area contributed by atoms with Crippen LogP contribution in [0.2, 0.25) is 0 Å². The smallest absolute Gasteiger partial charge is 0.252 e. The summed E-state index contributed by atoms with van der Waals surface area (Å²) in [4.78, 5) is 15.2. The van der Waals surface area contributed by atoms with E-state index in [1.165, 1.54) is 0 Å². The Hall–Kier alpha value is -1.62. The predicted molar refractivity (Wildman–Crippen MR) is 59.5 cm³/mol. The van der Waals surface area contributed by atoms with Crippen LogP contribution in [0.25, 0.3) is 0 Å². The topological polar surface area (TPSA) is 94.0 Å². The highest BCUT2D eigenvalue weighted by Gasteiger charge is 2.18. The van der Waals surface area contributed by atoms with E-state index < -0.39 is 5.91 Å². The van der Waals surface area contributed by atoms with Gasteiger partial charge in [-0.05, 0) is 26.0 Å². The zero-order valence-corrected chi connectivity index (χ0v) is 8.95. The summed E-state index contributed by atoms with van der Waals surface area (Å²) < 4.78 is 0. The summed E-state index contributed by atoms with van der Waals surface area (Å²) in [5, 5.41) is 3.08. The van der Waals surface area contributed by atoms with Crippen molar-refractivity contribution in [1.82, 2.24) is 4.98 Å². The third-order valence-electron chi connectivity index (χ3n) is 2.04. The van der Waals surface area contributed by atoms with E-state index in [1.54, 1.807) is 18.3 Å². The number of hydrogen-bond acceptors (Lipinski definition) is 4. The van der Waals surface area contributed by atoms with Crippen molar-refractivity contribution in [2.75, 3.05) is 11.9 Å². The minimum atomic E-state index is -0.501. The molecule has 5 nitrogen and oxygen atoms in total. The van der Waals surface area contributed by atoms with E-state index in [-0.39, 0.29) is 5.54 Å². The van der Waals surface area contributed by atoms with E-state index in [4.69, 9.17) is 11.5 Å². The van der Waals surface area contributed by atoms with Gasteiger partial charge < -0.3 is 16.8 Å². The normalized spacial score (nSPS) is 11.1. The lowest BCUT2D eigenvalue weighted by Gasteiger charge is -2.25. The van der Waals surface area contributed by atoms with Crippen LogP contribution in [0.4, 0.5) is 5.82 Å². The number of carbonyl (C=O) groups excluding carboxylic acids is 1. The van der Waals surface area contributed by atoms with E-state index in [9.17, 15) is 4.79 Å². The number of anilines is 1. The summed E-state index contributed by atoms with van der Waals surface area (Å²) in [6.45, 7) is 4.28. The van der Waals surface area contributed by atoms with Crippen LogP contribution in [0, 0.1) is 0 Å². The molecule has 15 heavy (non-hydrogen) atoms. The molecule has 0 aliphatic heterocycles. The number of pyridine rings is 1. The molecule has 0 radical (unpaired) electrons. The SMILES string of the molecule is CC(C)(CN)Nc1ncccc1C(N)=O. The molecule has 0 aliphatic rings. The molecular weight excluding hydrogens is 192 g/mol. The van der Waals surface area contributed by atoms with Gasteiger partial charge in [0.25, 0.3) is 5.91 Å². The standard InChI is InChI=1S/C10H16N4O/c1-10(2,6-11)14-9-7(8(12)15)4-3-5-13-9/h3-5H,6,11H2,1-2H3,(H2,12,15)(H,13,14). The highest BCUT2D eigenvalue weighted by molar-refractivity contribution is 5.97. The lowest BCUT2D eigenvalue weighted by atomic mass is 10.1. The van der Waals surface area contributed by atoms with Gasteiger partial charge >= 0.3 is 0 Å². The second kappa shape index (κ2) is 4.27. The molecule has 1 aromatic heterocycles. The molecule has 0 aromatic carbocycles. The first kappa shape index (κ1) is 11.5. The van der Waals surface area contributed by atoms with Crippen LogP contribution in [-0.4, -0.2) is 23.0 Å². The monoisotopic (exact) mass is 208 g/mol. The van der Waals surface area contributed by atoms with Crippen LogP contribution >= 0.6 is 0 Å². The summed E-state index contributed by atoms with van der Waals surface area (Å²) in [5.74, 6) is -0.0288. The average Bonchev–Trinajstić information content (AvgIpc) is 2.18. The molecule has 0 saturated heterocycles. The summed E-state index contributed by atoms with van der Waals surface area (Å²) >= 11 is 0. The molecule has 1 amide bonds. The number of nitrogens with one attached hydrogen (secondary N) is 1. The van der Waals surface area contributed by atoms with Crippen LogP contribution in [0.15, 0.2) is 18.3 Å². The highest BCUT2D eigenvalue weighted by atomic mass is 16.1. The van der Waals surface area contributed by atoms with Gasteiger partial charge in [-0.15, -0.1) is 0 Å². The maximum atomic E-state index is 11.1. The van der Waals surface area contributed by atoms with Gasteiger partial charge in [-0.2, -0.15) is 0 Å². The van der Waals surface area contributed by atoms with Gasteiger partial charge in [-0.1, -0.05) is 0 Å². The molecule has 0 aliphatic carbocycles. The van der Waals surface area contributed by atoms with Crippen LogP contribution in [0.5, 0.6) is 0 Å². The Kier molecular flexibility index (Phi) is 3.26. The molecule has 0 atom stereocenters. The van der Waals surface area contributed by atoms with Gasteiger partial charge in [0.05, 0.1) is 5.56 Å². The van der Waals surface area contributed by atoms with E-state index in [2.05, 4.69) is 10.3 Å². The highest BCUT2D eigenvalue weighted by Crippen LogP contribution is 2.15. The van der Waals surface area contributed by atoms with E-state index in [0.29, 0.717) is 17.9 Å². The minimum Gasteiger partial charge on any atom is -0.365 e. The molecule has 1 aromatic rings. The van der Waals surface area contributed by atoms with Crippen LogP contribution in [-0.2, 0) is 0 Å². The van der Waals surface area contributed by atoms with Gasteiger partial charge in [0.15, 0.2) is 0 Å². The first-order chi connectivity index (χ1) is 6.96. The second-order valence-corrected chi connectivity index (χ2v) is 3.98. The van der Waals surface area contributed by atoms with E-state index >= 15 is 0 Å². The maximum Gasteiger partial charge on any atom is 0.252 e. The number of aromatic nitrogens is 1. The number of primary amides is 1. The number of rotatable bonds is 4. The number of nitrogens with zero attached hydrogens (tertiary/aromatic N) is 1. The first-order valence-corrected chi connectivity index (χ1v) is 4.69. The Balaban J connectivity index is 2.99. The van der Waals surface area contributed by atoms with Crippen molar-refractivity contribution in [2.45, 2.75) is 19.4 Å². The predicted octanol–water partition coefficient (Wildman–Crippen LogP) is 0.330. The zero-order valence-electron chi connectivity index (χ0n) is 8.95. The molecule has 0 saturated carbocycles. The van der Waals surface area contributed by atoms with Gasteiger partial charge in [0.1, 0.15) is 5.82 Å². The Morgan fingerprint density at radius 3 is 2.80 bits per heavy atom. The fraction of sp³-hybridized carbons (Fsp3) is 0.400. The van der Waals surface area contributed by atoms with E-state index in [0.717, 1.165) is 0 Å². The van der Waals surface area contributed by atoms with Crippen molar-refractivity contribution in [3.8, 4) is 0 Å². The Morgan fingerprint density at radius 2 is 2.27 bits per heavy atom. The van der Waals surface area contributed by atoms with Gasteiger partial charge in [-0.25, -0.2) is 4.98 Å². The van der Waals surface area contributed by atoms with Gasteiger partial charge in [0, 0.05) is 18.3 Å². The lowest BCUT2D eigenvalue weighted by molar-refractivity contribution is 0.100. The zero-order chi connectivity index (χ0) is 11.5. The maximum absolute atomic E-state index is 11.1. The van der Waals surface area contributed by atoms with Crippen molar-refractivity contribution >= 4 is 11.7 Å². The largest absolute Gasteiger partial charge is 0.365 e. The quantitative estimate of drug-likeness (QED) is 0.664. The molecule has 82 valence electrons. The molecule has 1 heterocycles. The molecule has 5 heteroatoms.